The minimum atomic E-state index is 1.09. The monoisotopic (exact) mass is 201 g/mol. The standard InChI is InChI=1S/C14H19N/c1-12(2)14-8-9-15(11-14)10-13-6-4-3-5-7-13/h3-7H,8-11H2,1-2H3. The largest absolute Gasteiger partial charge is 0.295 e. The van der Waals surface area contributed by atoms with E-state index in [0.29, 0.717) is 0 Å². The van der Waals surface area contributed by atoms with Crippen LogP contribution in [0.2, 0.25) is 0 Å². The van der Waals surface area contributed by atoms with Crippen molar-refractivity contribution in [1.29, 1.82) is 0 Å². The zero-order chi connectivity index (χ0) is 10.7. The molecule has 0 bridgehead atoms. The van der Waals surface area contributed by atoms with Crippen LogP contribution in [0.25, 0.3) is 0 Å². The highest BCUT2D eigenvalue weighted by Gasteiger charge is 2.16. The van der Waals surface area contributed by atoms with Crippen molar-refractivity contribution in [1.82, 2.24) is 4.90 Å². The second-order valence-corrected chi connectivity index (χ2v) is 4.55. The molecule has 0 amide bonds. The molecule has 1 aromatic carbocycles. The minimum absolute atomic E-state index is 1.09. The van der Waals surface area contributed by atoms with Gasteiger partial charge in [-0.3, -0.25) is 4.90 Å². The average molecular weight is 201 g/mol. The molecule has 0 spiro atoms. The van der Waals surface area contributed by atoms with Gasteiger partial charge in [0, 0.05) is 19.6 Å². The summed E-state index contributed by atoms with van der Waals surface area (Å²) in [7, 11) is 0. The van der Waals surface area contributed by atoms with Gasteiger partial charge in [0.2, 0.25) is 0 Å². The molecule has 0 aromatic heterocycles. The average Bonchev–Trinajstić information content (AvgIpc) is 2.68. The SMILES string of the molecule is CC(C)=C1CCN(Cc2ccccc2)C1. The van der Waals surface area contributed by atoms with E-state index in [1.165, 1.54) is 24.1 Å². The third-order valence-corrected chi connectivity index (χ3v) is 3.10. The van der Waals surface area contributed by atoms with Gasteiger partial charge in [-0.1, -0.05) is 41.5 Å². The van der Waals surface area contributed by atoms with Crippen molar-refractivity contribution in [3.8, 4) is 0 Å². The molecule has 0 radical (unpaired) electrons. The quantitative estimate of drug-likeness (QED) is 0.664. The van der Waals surface area contributed by atoms with Crippen LogP contribution in [0.4, 0.5) is 0 Å². The number of allylic oxidation sites excluding steroid dienone is 1. The number of rotatable bonds is 2. The molecule has 1 aromatic rings. The van der Waals surface area contributed by atoms with Crippen LogP contribution in [0.15, 0.2) is 41.5 Å². The van der Waals surface area contributed by atoms with E-state index in [1.807, 2.05) is 0 Å². The van der Waals surface area contributed by atoms with Crippen LogP contribution in [0, 0.1) is 0 Å². The fourth-order valence-electron chi connectivity index (χ4n) is 2.11. The Balaban J connectivity index is 1.96. The number of hydrogen-bond donors (Lipinski definition) is 0. The predicted molar refractivity (Wildman–Crippen MR) is 64.7 cm³/mol. The molecule has 1 saturated heterocycles. The third kappa shape index (κ3) is 2.69. The third-order valence-electron chi connectivity index (χ3n) is 3.10. The molecule has 0 unspecified atom stereocenters. The van der Waals surface area contributed by atoms with E-state index < -0.39 is 0 Å². The summed E-state index contributed by atoms with van der Waals surface area (Å²) in [6.07, 6.45) is 1.26. The zero-order valence-corrected chi connectivity index (χ0v) is 9.66. The second-order valence-electron chi connectivity index (χ2n) is 4.55. The fraction of sp³-hybridized carbons (Fsp3) is 0.429. The molecule has 1 aliphatic rings. The highest BCUT2D eigenvalue weighted by atomic mass is 15.1. The molecular formula is C14H19N. The summed E-state index contributed by atoms with van der Waals surface area (Å²) in [5.74, 6) is 0. The van der Waals surface area contributed by atoms with Gasteiger partial charge in [-0.25, -0.2) is 0 Å². The summed E-state index contributed by atoms with van der Waals surface area (Å²) < 4.78 is 0. The Morgan fingerprint density at radius 2 is 1.93 bits per heavy atom. The number of hydrogen-bond acceptors (Lipinski definition) is 1. The van der Waals surface area contributed by atoms with Crippen molar-refractivity contribution in [3.05, 3.63) is 47.0 Å². The van der Waals surface area contributed by atoms with E-state index in [2.05, 4.69) is 49.1 Å². The normalized spacial score (nSPS) is 17.1. The first-order chi connectivity index (χ1) is 7.25. The van der Waals surface area contributed by atoms with Crippen LogP contribution in [0.3, 0.4) is 0 Å². The molecule has 80 valence electrons. The predicted octanol–water partition coefficient (Wildman–Crippen LogP) is 3.23. The summed E-state index contributed by atoms with van der Waals surface area (Å²) in [5, 5.41) is 0. The summed E-state index contributed by atoms with van der Waals surface area (Å²) in [6, 6.07) is 10.7. The van der Waals surface area contributed by atoms with Gasteiger partial charge < -0.3 is 0 Å². The first-order valence-corrected chi connectivity index (χ1v) is 5.67. The Morgan fingerprint density at radius 1 is 1.20 bits per heavy atom. The van der Waals surface area contributed by atoms with Crippen molar-refractivity contribution in [2.45, 2.75) is 26.8 Å². The topological polar surface area (TPSA) is 3.24 Å². The van der Waals surface area contributed by atoms with Gasteiger partial charge in [-0.05, 0) is 25.8 Å². The molecule has 2 rings (SSSR count). The van der Waals surface area contributed by atoms with Gasteiger partial charge in [0.05, 0.1) is 0 Å². The molecule has 1 aliphatic heterocycles. The smallest absolute Gasteiger partial charge is 0.0237 e. The molecule has 1 nitrogen and oxygen atoms in total. The highest BCUT2D eigenvalue weighted by Crippen LogP contribution is 2.20. The minimum Gasteiger partial charge on any atom is -0.295 e. The lowest BCUT2D eigenvalue weighted by Gasteiger charge is -2.14. The van der Waals surface area contributed by atoms with Gasteiger partial charge in [0.25, 0.3) is 0 Å². The molecule has 0 saturated carbocycles. The van der Waals surface area contributed by atoms with Crippen molar-refractivity contribution in [3.63, 3.8) is 0 Å². The fourth-order valence-corrected chi connectivity index (χ4v) is 2.11. The number of likely N-dealkylation sites (tertiary alicyclic amines) is 1. The lowest BCUT2D eigenvalue weighted by molar-refractivity contribution is 0.337. The maximum atomic E-state index is 2.53. The molecule has 1 fully saturated rings. The Kier molecular flexibility index (Phi) is 3.22. The Labute approximate surface area is 92.4 Å². The Morgan fingerprint density at radius 3 is 2.53 bits per heavy atom. The molecule has 1 heterocycles. The van der Waals surface area contributed by atoms with Crippen LogP contribution in [0.5, 0.6) is 0 Å². The summed E-state index contributed by atoms with van der Waals surface area (Å²) >= 11 is 0. The van der Waals surface area contributed by atoms with E-state index >= 15 is 0 Å². The van der Waals surface area contributed by atoms with Crippen molar-refractivity contribution in [2.75, 3.05) is 13.1 Å². The van der Waals surface area contributed by atoms with Crippen LogP contribution in [-0.2, 0) is 6.54 Å². The van der Waals surface area contributed by atoms with Crippen molar-refractivity contribution >= 4 is 0 Å². The molecule has 0 N–H and O–H groups in total. The van der Waals surface area contributed by atoms with Crippen LogP contribution >= 0.6 is 0 Å². The zero-order valence-electron chi connectivity index (χ0n) is 9.66. The van der Waals surface area contributed by atoms with Crippen LogP contribution < -0.4 is 0 Å². The molecule has 0 aliphatic carbocycles. The van der Waals surface area contributed by atoms with Gasteiger partial charge in [0.1, 0.15) is 0 Å². The lowest BCUT2D eigenvalue weighted by atomic mass is 10.1. The highest BCUT2D eigenvalue weighted by molar-refractivity contribution is 5.19. The second kappa shape index (κ2) is 4.63. The maximum Gasteiger partial charge on any atom is 0.0237 e. The van der Waals surface area contributed by atoms with Gasteiger partial charge >= 0.3 is 0 Å². The van der Waals surface area contributed by atoms with E-state index in [1.54, 1.807) is 5.57 Å². The Bertz CT molecular complexity index is 347. The van der Waals surface area contributed by atoms with E-state index in [4.69, 9.17) is 0 Å². The summed E-state index contributed by atoms with van der Waals surface area (Å²) in [4.78, 5) is 2.53. The van der Waals surface area contributed by atoms with Gasteiger partial charge in [0.15, 0.2) is 0 Å². The molecule has 0 atom stereocenters. The summed E-state index contributed by atoms with van der Waals surface area (Å²) in [5.41, 5.74) is 4.56. The number of nitrogens with zero attached hydrogens (tertiary/aromatic N) is 1. The van der Waals surface area contributed by atoms with Gasteiger partial charge in [-0.2, -0.15) is 0 Å². The van der Waals surface area contributed by atoms with E-state index in [9.17, 15) is 0 Å². The lowest BCUT2D eigenvalue weighted by Crippen LogP contribution is -2.18. The van der Waals surface area contributed by atoms with Crippen molar-refractivity contribution in [2.24, 2.45) is 0 Å². The van der Waals surface area contributed by atoms with E-state index in [-0.39, 0.29) is 0 Å². The number of benzene rings is 1. The van der Waals surface area contributed by atoms with Gasteiger partial charge in [-0.15, -0.1) is 0 Å². The summed E-state index contributed by atoms with van der Waals surface area (Å²) in [6.45, 7) is 7.92. The first kappa shape index (κ1) is 10.4. The maximum absolute atomic E-state index is 2.53. The van der Waals surface area contributed by atoms with Crippen molar-refractivity contribution < 1.29 is 0 Å². The van der Waals surface area contributed by atoms with Crippen LogP contribution in [0.1, 0.15) is 25.8 Å². The van der Waals surface area contributed by atoms with E-state index in [0.717, 1.165) is 13.1 Å². The first-order valence-electron chi connectivity index (χ1n) is 5.67. The molecule has 1 heteroatoms. The Hall–Kier alpha value is -1.08. The molecular weight excluding hydrogens is 182 g/mol. The van der Waals surface area contributed by atoms with Crippen LogP contribution in [-0.4, -0.2) is 18.0 Å². The molecule has 15 heavy (non-hydrogen) atoms.